The molecule has 0 aliphatic heterocycles. The van der Waals surface area contributed by atoms with Crippen molar-refractivity contribution in [3.63, 3.8) is 0 Å². The smallest absolute Gasteiger partial charge is 0.260 e. The maximum absolute atomic E-state index is 12.5. The highest BCUT2D eigenvalue weighted by Gasteiger charge is 2.32. The Hall–Kier alpha value is -1.18. The van der Waals surface area contributed by atoms with Gasteiger partial charge < -0.3 is 4.57 Å². The van der Waals surface area contributed by atoms with Crippen LogP contribution in [-0.2, 0) is 22.1 Å². The molecule has 1 atom stereocenters. The highest BCUT2D eigenvalue weighted by molar-refractivity contribution is 9.09. The molecule has 2 aromatic rings. The Morgan fingerprint density at radius 1 is 1.33 bits per heavy atom. The Kier molecular flexibility index (Phi) is 4.85. The van der Waals surface area contributed by atoms with Crippen LogP contribution in [0.3, 0.4) is 0 Å². The van der Waals surface area contributed by atoms with Crippen molar-refractivity contribution < 1.29 is 8.42 Å². The summed E-state index contributed by atoms with van der Waals surface area (Å²) in [5, 5.41) is 0.491. The molecule has 21 heavy (non-hydrogen) atoms. The lowest BCUT2D eigenvalue weighted by Gasteiger charge is -2.28. The number of aryl methyl sites for hydroxylation is 1. The number of nitrogens with one attached hydrogen (secondary N) is 1. The monoisotopic (exact) mass is 371 g/mol. The second-order valence-electron chi connectivity index (χ2n) is 4.98. The van der Waals surface area contributed by atoms with E-state index in [0.717, 1.165) is 5.56 Å². The summed E-state index contributed by atoms with van der Waals surface area (Å²) < 4.78 is 29.5. The fourth-order valence-corrected chi connectivity index (χ4v) is 3.97. The maximum Gasteiger partial charge on any atom is 0.260 e. The molecule has 1 aromatic heterocycles. The van der Waals surface area contributed by atoms with Gasteiger partial charge in [0.25, 0.3) is 10.0 Å². The van der Waals surface area contributed by atoms with Gasteiger partial charge in [0.2, 0.25) is 0 Å². The predicted octanol–water partition coefficient (Wildman–Crippen LogP) is 2.49. The van der Waals surface area contributed by atoms with Crippen LogP contribution in [0.25, 0.3) is 0 Å². The first-order chi connectivity index (χ1) is 9.91. The Labute approximate surface area is 133 Å². The minimum absolute atomic E-state index is 0.0347. The van der Waals surface area contributed by atoms with Gasteiger partial charge in [-0.3, -0.25) is 0 Å². The van der Waals surface area contributed by atoms with Gasteiger partial charge in [0.15, 0.2) is 5.03 Å². The third kappa shape index (κ3) is 3.53. The average molecular weight is 372 g/mol. The number of nitrogens with zero attached hydrogens (tertiary/aromatic N) is 2. The van der Waals surface area contributed by atoms with Gasteiger partial charge >= 0.3 is 0 Å². The number of halogens is 1. The zero-order chi connectivity index (χ0) is 15.5. The molecule has 1 heterocycles. The fraction of sp³-hybridized carbons (Fsp3) is 0.357. The number of aromatic nitrogens is 2. The van der Waals surface area contributed by atoms with Crippen LogP contribution < -0.4 is 4.72 Å². The summed E-state index contributed by atoms with van der Waals surface area (Å²) in [5.41, 5.74) is 0.149. The molecule has 7 heteroatoms. The van der Waals surface area contributed by atoms with Crippen molar-refractivity contribution in [1.29, 1.82) is 0 Å². The highest BCUT2D eigenvalue weighted by atomic mass is 79.9. The summed E-state index contributed by atoms with van der Waals surface area (Å²) in [4.78, 5) is 3.97. The van der Waals surface area contributed by atoms with Gasteiger partial charge in [0.05, 0.1) is 11.9 Å². The van der Waals surface area contributed by atoms with Crippen molar-refractivity contribution in [2.75, 3.05) is 5.33 Å². The summed E-state index contributed by atoms with van der Waals surface area (Å²) in [7, 11) is -3.68. The van der Waals surface area contributed by atoms with Crippen LogP contribution in [0.4, 0.5) is 0 Å². The topological polar surface area (TPSA) is 64.0 Å². The van der Waals surface area contributed by atoms with Crippen molar-refractivity contribution in [2.45, 2.75) is 31.0 Å². The van der Waals surface area contributed by atoms with Crippen LogP contribution in [-0.4, -0.2) is 23.3 Å². The molecule has 0 radical (unpaired) electrons. The molecule has 1 aromatic carbocycles. The van der Waals surface area contributed by atoms with E-state index in [1.165, 1.54) is 12.5 Å². The van der Waals surface area contributed by atoms with Crippen LogP contribution in [0, 0.1) is 0 Å². The molecular formula is C14H18BrN3O2S. The van der Waals surface area contributed by atoms with Crippen molar-refractivity contribution in [3.8, 4) is 0 Å². The van der Waals surface area contributed by atoms with E-state index in [-0.39, 0.29) is 5.03 Å². The van der Waals surface area contributed by atoms with Crippen LogP contribution in [0.15, 0.2) is 47.9 Å². The number of benzene rings is 1. The van der Waals surface area contributed by atoms with Gasteiger partial charge in [0.1, 0.15) is 0 Å². The fourth-order valence-electron chi connectivity index (χ4n) is 1.97. The van der Waals surface area contributed by atoms with Crippen LogP contribution in [0.5, 0.6) is 0 Å². The van der Waals surface area contributed by atoms with Crippen LogP contribution in [0.2, 0.25) is 0 Å². The van der Waals surface area contributed by atoms with Crippen molar-refractivity contribution in [2.24, 2.45) is 0 Å². The minimum Gasteiger partial charge on any atom is -0.336 e. The Morgan fingerprint density at radius 2 is 2.00 bits per heavy atom. The predicted molar refractivity (Wildman–Crippen MR) is 85.8 cm³/mol. The van der Waals surface area contributed by atoms with E-state index < -0.39 is 15.6 Å². The first-order valence-electron chi connectivity index (χ1n) is 6.58. The number of hydrogen-bond donors (Lipinski definition) is 1. The Morgan fingerprint density at radius 3 is 2.52 bits per heavy atom. The quantitative estimate of drug-likeness (QED) is 0.793. The molecule has 1 N–H and O–H groups in total. The molecule has 1 unspecified atom stereocenters. The van der Waals surface area contributed by atoms with E-state index in [1.54, 1.807) is 4.57 Å². The lowest BCUT2D eigenvalue weighted by atomic mass is 9.96. The summed E-state index contributed by atoms with van der Waals surface area (Å²) in [6, 6.07) is 9.46. The zero-order valence-electron chi connectivity index (χ0n) is 12.0. The van der Waals surface area contributed by atoms with Crippen molar-refractivity contribution in [3.05, 3.63) is 48.4 Å². The standard InChI is InChI=1S/C14H18BrN3O2S/c1-3-18-9-13(16-11-18)21(19,20)17-14(2,10-15)12-7-5-4-6-8-12/h4-9,11,17H,3,10H2,1-2H3. The van der Waals surface area contributed by atoms with Gasteiger partial charge in [-0.1, -0.05) is 46.3 Å². The summed E-state index contributed by atoms with van der Waals surface area (Å²) in [6.45, 7) is 4.44. The number of hydrogen-bond acceptors (Lipinski definition) is 3. The third-order valence-corrected chi connectivity index (χ3v) is 5.89. The minimum atomic E-state index is -3.68. The number of rotatable bonds is 6. The highest BCUT2D eigenvalue weighted by Crippen LogP contribution is 2.25. The Balaban J connectivity index is 2.33. The molecule has 114 valence electrons. The largest absolute Gasteiger partial charge is 0.336 e. The summed E-state index contributed by atoms with van der Waals surface area (Å²) in [6.07, 6.45) is 3.05. The molecule has 2 rings (SSSR count). The molecule has 5 nitrogen and oxygen atoms in total. The first-order valence-corrected chi connectivity index (χ1v) is 9.19. The van der Waals surface area contributed by atoms with E-state index in [9.17, 15) is 8.42 Å². The molecule has 0 fully saturated rings. The second kappa shape index (κ2) is 6.29. The number of sulfonamides is 1. The average Bonchev–Trinajstić information content (AvgIpc) is 2.97. The maximum atomic E-state index is 12.5. The molecular weight excluding hydrogens is 354 g/mol. The molecule has 0 saturated heterocycles. The van der Waals surface area contributed by atoms with Crippen LogP contribution in [0.1, 0.15) is 19.4 Å². The lowest BCUT2D eigenvalue weighted by Crippen LogP contribution is -2.44. The van der Waals surface area contributed by atoms with Gasteiger partial charge in [-0.25, -0.2) is 13.4 Å². The van der Waals surface area contributed by atoms with Crippen molar-refractivity contribution in [1.82, 2.24) is 14.3 Å². The normalized spacial score (nSPS) is 14.8. The third-order valence-electron chi connectivity index (χ3n) is 3.29. The van der Waals surface area contributed by atoms with Crippen molar-refractivity contribution >= 4 is 26.0 Å². The van der Waals surface area contributed by atoms with Gasteiger partial charge in [0, 0.05) is 18.1 Å². The van der Waals surface area contributed by atoms with E-state index >= 15 is 0 Å². The first kappa shape index (κ1) is 16.2. The molecule has 0 aliphatic rings. The van der Waals surface area contributed by atoms with E-state index in [0.29, 0.717) is 11.9 Å². The number of alkyl halides is 1. The van der Waals surface area contributed by atoms with Crippen LogP contribution >= 0.6 is 15.9 Å². The summed E-state index contributed by atoms with van der Waals surface area (Å²) >= 11 is 3.40. The van der Waals surface area contributed by atoms with Gasteiger partial charge in [-0.15, -0.1) is 0 Å². The van der Waals surface area contributed by atoms with E-state index in [1.807, 2.05) is 44.2 Å². The lowest BCUT2D eigenvalue weighted by molar-refractivity contribution is 0.480. The molecule has 0 amide bonds. The SMILES string of the molecule is CCn1cnc(S(=O)(=O)NC(C)(CBr)c2ccccc2)c1. The summed E-state index contributed by atoms with van der Waals surface area (Å²) in [5.74, 6) is 0. The van der Waals surface area contributed by atoms with E-state index in [2.05, 4.69) is 25.6 Å². The Bertz CT molecular complexity index is 700. The second-order valence-corrected chi connectivity index (χ2v) is 7.17. The van der Waals surface area contributed by atoms with Gasteiger partial charge in [-0.2, -0.15) is 4.72 Å². The molecule has 0 aliphatic carbocycles. The molecule has 0 saturated carbocycles. The van der Waals surface area contributed by atoms with Gasteiger partial charge in [-0.05, 0) is 19.4 Å². The van der Waals surface area contributed by atoms with E-state index in [4.69, 9.17) is 0 Å². The molecule has 0 spiro atoms. The number of imidazole rings is 1. The molecule has 0 bridgehead atoms. The zero-order valence-corrected chi connectivity index (χ0v) is 14.4.